The van der Waals surface area contributed by atoms with Crippen molar-refractivity contribution in [1.82, 2.24) is 0 Å². The van der Waals surface area contributed by atoms with Crippen LogP contribution in [0.1, 0.15) is 0 Å². The summed E-state index contributed by atoms with van der Waals surface area (Å²) in [5.41, 5.74) is 6.41. The van der Waals surface area contributed by atoms with E-state index in [1.807, 2.05) is 0 Å². The maximum atomic E-state index is 3.50. The van der Waals surface area contributed by atoms with E-state index in [0.29, 0.717) is 0 Å². The van der Waals surface area contributed by atoms with Crippen LogP contribution >= 0.6 is 15.9 Å². The van der Waals surface area contributed by atoms with Gasteiger partial charge in [0.15, 0.2) is 0 Å². The van der Waals surface area contributed by atoms with Crippen molar-refractivity contribution in [3.05, 3.63) is 114 Å². The molecule has 0 unspecified atom stereocenters. The van der Waals surface area contributed by atoms with Crippen LogP contribution in [-0.2, 0) is 0 Å². The van der Waals surface area contributed by atoms with Gasteiger partial charge in [0.25, 0.3) is 0 Å². The molecule has 0 aliphatic rings. The Hall–Kier alpha value is -2.58. The Morgan fingerprint density at radius 3 is 1.27 bits per heavy atom. The van der Waals surface area contributed by atoms with Crippen molar-refractivity contribution in [2.24, 2.45) is 0 Å². The van der Waals surface area contributed by atoms with Crippen molar-refractivity contribution in [2.45, 2.75) is 0 Å². The molecular formula is C24H18BBr. The molecule has 0 bridgehead atoms. The fourth-order valence-corrected chi connectivity index (χ4v) is 3.64. The molecule has 0 N–H and O–H groups in total. The molecule has 0 heterocycles. The first-order chi connectivity index (χ1) is 12.8. The van der Waals surface area contributed by atoms with Gasteiger partial charge in [0.05, 0.1) is 0 Å². The lowest BCUT2D eigenvalue weighted by atomic mass is 9.37. The minimum Gasteiger partial charge on any atom is -0.0687 e. The average molecular weight is 397 g/mol. The minimum absolute atomic E-state index is 0.247. The third-order valence-corrected chi connectivity index (χ3v) is 5.22. The van der Waals surface area contributed by atoms with Gasteiger partial charge in [-0.25, -0.2) is 0 Å². The summed E-state index contributed by atoms with van der Waals surface area (Å²) < 4.78 is 1.10. The molecule has 0 amide bonds. The van der Waals surface area contributed by atoms with Crippen LogP contribution in [0.15, 0.2) is 114 Å². The van der Waals surface area contributed by atoms with Gasteiger partial charge in [-0.05, 0) is 23.3 Å². The molecule has 0 fully saturated rings. The van der Waals surface area contributed by atoms with Gasteiger partial charge in [0, 0.05) is 4.47 Å². The van der Waals surface area contributed by atoms with Gasteiger partial charge in [0.2, 0.25) is 6.71 Å². The zero-order chi connectivity index (χ0) is 17.8. The highest BCUT2D eigenvalue weighted by Crippen LogP contribution is 2.20. The predicted molar refractivity (Wildman–Crippen MR) is 117 cm³/mol. The Bertz CT molecular complexity index is 923. The number of benzene rings is 4. The van der Waals surface area contributed by atoms with Crippen LogP contribution in [0, 0.1) is 0 Å². The number of hydrogen-bond donors (Lipinski definition) is 0. The van der Waals surface area contributed by atoms with Crippen molar-refractivity contribution in [1.29, 1.82) is 0 Å². The zero-order valence-electron chi connectivity index (χ0n) is 14.3. The fraction of sp³-hybridized carbons (Fsp3) is 0. The molecular weight excluding hydrogens is 379 g/mol. The quantitative estimate of drug-likeness (QED) is 0.441. The maximum Gasteiger partial charge on any atom is 0.241 e. The molecule has 4 rings (SSSR count). The van der Waals surface area contributed by atoms with E-state index in [9.17, 15) is 0 Å². The van der Waals surface area contributed by atoms with E-state index in [1.165, 1.54) is 27.5 Å². The van der Waals surface area contributed by atoms with Gasteiger partial charge < -0.3 is 0 Å². The Kier molecular flexibility index (Phi) is 5.03. The van der Waals surface area contributed by atoms with Crippen molar-refractivity contribution < 1.29 is 0 Å². The van der Waals surface area contributed by atoms with Gasteiger partial charge in [-0.15, -0.1) is 0 Å². The van der Waals surface area contributed by atoms with Crippen molar-refractivity contribution in [3.8, 4) is 11.1 Å². The molecule has 26 heavy (non-hydrogen) atoms. The lowest BCUT2D eigenvalue weighted by molar-refractivity contribution is 1.60. The summed E-state index contributed by atoms with van der Waals surface area (Å²) in [5.74, 6) is 0. The van der Waals surface area contributed by atoms with Crippen LogP contribution < -0.4 is 16.4 Å². The van der Waals surface area contributed by atoms with Gasteiger partial charge >= 0.3 is 0 Å². The number of hydrogen-bond acceptors (Lipinski definition) is 0. The Labute approximate surface area is 163 Å². The molecule has 2 heteroatoms. The minimum atomic E-state index is 0.247. The van der Waals surface area contributed by atoms with Crippen LogP contribution in [0.3, 0.4) is 0 Å². The van der Waals surface area contributed by atoms with E-state index in [4.69, 9.17) is 0 Å². The molecule has 0 aliphatic carbocycles. The predicted octanol–water partition coefficient (Wildman–Crippen LogP) is 4.63. The summed E-state index contributed by atoms with van der Waals surface area (Å²) in [5, 5.41) is 0. The molecule has 0 nitrogen and oxygen atoms in total. The van der Waals surface area contributed by atoms with E-state index in [0.717, 1.165) is 4.47 Å². The molecule has 0 aromatic heterocycles. The summed E-state index contributed by atoms with van der Waals surface area (Å²) in [6, 6.07) is 38.8. The smallest absolute Gasteiger partial charge is 0.0687 e. The van der Waals surface area contributed by atoms with Crippen molar-refractivity contribution in [2.75, 3.05) is 0 Å². The summed E-state index contributed by atoms with van der Waals surface area (Å²) >= 11 is 3.50. The second kappa shape index (κ2) is 7.76. The molecule has 0 saturated carbocycles. The highest BCUT2D eigenvalue weighted by molar-refractivity contribution is 9.10. The van der Waals surface area contributed by atoms with Crippen LogP contribution in [0.2, 0.25) is 0 Å². The Balaban J connectivity index is 1.73. The van der Waals surface area contributed by atoms with Gasteiger partial charge in [-0.1, -0.05) is 129 Å². The lowest BCUT2D eigenvalue weighted by Gasteiger charge is -2.16. The highest BCUT2D eigenvalue weighted by atomic mass is 79.9. The maximum absolute atomic E-state index is 3.50. The molecule has 0 aliphatic heterocycles. The van der Waals surface area contributed by atoms with Gasteiger partial charge in [-0.2, -0.15) is 0 Å². The van der Waals surface area contributed by atoms with E-state index in [1.54, 1.807) is 0 Å². The van der Waals surface area contributed by atoms with Gasteiger partial charge in [0.1, 0.15) is 0 Å². The van der Waals surface area contributed by atoms with Crippen molar-refractivity contribution in [3.63, 3.8) is 0 Å². The number of halogens is 1. The Morgan fingerprint density at radius 1 is 0.423 bits per heavy atom. The van der Waals surface area contributed by atoms with Gasteiger partial charge in [-0.3, -0.25) is 0 Å². The topological polar surface area (TPSA) is 0 Å². The molecule has 124 valence electrons. The third kappa shape index (κ3) is 3.66. The lowest BCUT2D eigenvalue weighted by Crippen LogP contribution is -2.51. The Morgan fingerprint density at radius 2 is 0.808 bits per heavy atom. The average Bonchev–Trinajstić information content (AvgIpc) is 2.71. The monoisotopic (exact) mass is 396 g/mol. The molecule has 0 radical (unpaired) electrons. The summed E-state index contributed by atoms with van der Waals surface area (Å²) in [6.07, 6.45) is 0. The molecule has 4 aromatic carbocycles. The summed E-state index contributed by atoms with van der Waals surface area (Å²) in [4.78, 5) is 0. The van der Waals surface area contributed by atoms with E-state index in [-0.39, 0.29) is 6.71 Å². The highest BCUT2D eigenvalue weighted by Gasteiger charge is 2.20. The first kappa shape index (κ1) is 16.9. The summed E-state index contributed by atoms with van der Waals surface area (Å²) in [6.45, 7) is 0.247. The molecule has 0 atom stereocenters. The first-order valence-electron chi connectivity index (χ1n) is 8.77. The third-order valence-electron chi connectivity index (χ3n) is 4.69. The van der Waals surface area contributed by atoms with Crippen LogP contribution in [0.25, 0.3) is 11.1 Å². The standard InChI is InChI=1S/C24H18BBr/c26-24-17-13-20(14-18-24)19-11-15-23(16-12-19)25(21-7-3-1-4-8-21)22-9-5-2-6-10-22/h1-18H. The van der Waals surface area contributed by atoms with Crippen LogP contribution in [0.4, 0.5) is 0 Å². The van der Waals surface area contributed by atoms with Crippen LogP contribution in [-0.4, -0.2) is 6.71 Å². The van der Waals surface area contributed by atoms with E-state index < -0.39 is 0 Å². The molecule has 0 spiro atoms. The fourth-order valence-electron chi connectivity index (χ4n) is 3.38. The largest absolute Gasteiger partial charge is 0.241 e. The molecule has 0 saturated heterocycles. The second-order valence-electron chi connectivity index (χ2n) is 6.38. The van der Waals surface area contributed by atoms with E-state index in [2.05, 4.69) is 125 Å². The first-order valence-corrected chi connectivity index (χ1v) is 9.56. The summed E-state index contributed by atoms with van der Waals surface area (Å²) in [7, 11) is 0. The second-order valence-corrected chi connectivity index (χ2v) is 7.30. The van der Waals surface area contributed by atoms with E-state index >= 15 is 0 Å². The van der Waals surface area contributed by atoms with Crippen LogP contribution in [0.5, 0.6) is 0 Å². The number of rotatable bonds is 4. The zero-order valence-corrected chi connectivity index (χ0v) is 15.9. The normalized spacial score (nSPS) is 10.5. The molecule has 4 aromatic rings. The van der Waals surface area contributed by atoms with Crippen molar-refractivity contribution >= 4 is 39.0 Å². The SMILES string of the molecule is Brc1ccc(-c2ccc(B(c3ccccc3)c3ccccc3)cc2)cc1.